The van der Waals surface area contributed by atoms with Crippen LogP contribution >= 0.6 is 11.6 Å². The summed E-state index contributed by atoms with van der Waals surface area (Å²) in [4.78, 5) is 29.0. The minimum Gasteiger partial charge on any atom is -0.347 e. The average Bonchev–Trinajstić information content (AvgIpc) is 3.49. The molecule has 1 fully saturated rings. The number of hydrogen-bond donors (Lipinski definition) is 2. The molecule has 5 rings (SSSR count). The van der Waals surface area contributed by atoms with Crippen molar-refractivity contribution >= 4 is 23.4 Å². The number of carbonyl (C=O) groups excluding carboxylic acids is 2. The van der Waals surface area contributed by atoms with Gasteiger partial charge in [-0.25, -0.2) is 0 Å². The molecule has 0 bridgehead atoms. The molecule has 180 valence electrons. The molecule has 0 saturated carbocycles. The number of amides is 2. The SMILES string of the molecule is CC(N)c1cccc(C(=O)N2CC(c3ccc(Cl)cc3)CC2C(=O)NC2CCc3ccccc32)c1. The summed E-state index contributed by atoms with van der Waals surface area (Å²) in [5.41, 5.74) is 11.0. The van der Waals surface area contributed by atoms with Crippen LogP contribution in [0.25, 0.3) is 0 Å². The van der Waals surface area contributed by atoms with E-state index in [-0.39, 0.29) is 29.8 Å². The van der Waals surface area contributed by atoms with Crippen LogP contribution in [0.15, 0.2) is 72.8 Å². The second kappa shape index (κ2) is 9.84. The highest BCUT2D eigenvalue weighted by Gasteiger charge is 2.41. The Morgan fingerprint density at radius 2 is 1.83 bits per heavy atom. The number of halogens is 1. The van der Waals surface area contributed by atoms with E-state index >= 15 is 0 Å². The van der Waals surface area contributed by atoms with Crippen LogP contribution in [0.3, 0.4) is 0 Å². The first-order valence-electron chi connectivity index (χ1n) is 12.2. The zero-order chi connectivity index (χ0) is 24.5. The van der Waals surface area contributed by atoms with Crippen LogP contribution in [0, 0.1) is 0 Å². The molecule has 0 aromatic heterocycles. The zero-order valence-corrected chi connectivity index (χ0v) is 20.5. The van der Waals surface area contributed by atoms with Crippen molar-refractivity contribution < 1.29 is 9.59 Å². The normalized spacial score (nSPS) is 22.0. The summed E-state index contributed by atoms with van der Waals surface area (Å²) in [6.45, 7) is 2.37. The molecule has 1 aliphatic heterocycles. The summed E-state index contributed by atoms with van der Waals surface area (Å²) in [5.74, 6) is -0.185. The standard InChI is InChI=1S/C29H30ClN3O2/c1-18(31)21-6-4-7-22(15-21)29(35)33-17-23(19-9-12-24(30)13-10-19)16-27(33)28(34)32-26-14-11-20-5-2-3-8-25(20)26/h2-10,12-13,15,18,23,26-27H,11,14,16-17,31H2,1H3,(H,32,34). The number of aryl methyl sites for hydroxylation is 1. The largest absolute Gasteiger partial charge is 0.347 e. The van der Waals surface area contributed by atoms with Gasteiger partial charge in [-0.05, 0) is 72.7 Å². The van der Waals surface area contributed by atoms with Gasteiger partial charge in [0.15, 0.2) is 0 Å². The van der Waals surface area contributed by atoms with Gasteiger partial charge in [0.05, 0.1) is 6.04 Å². The second-order valence-electron chi connectivity index (χ2n) is 9.67. The predicted molar refractivity (Wildman–Crippen MR) is 138 cm³/mol. The third kappa shape index (κ3) is 4.84. The molecule has 5 nitrogen and oxygen atoms in total. The molecule has 1 saturated heterocycles. The molecule has 2 amide bonds. The fraction of sp³-hybridized carbons (Fsp3) is 0.310. The Labute approximate surface area is 211 Å². The molecule has 6 heteroatoms. The number of nitrogens with one attached hydrogen (secondary N) is 1. The van der Waals surface area contributed by atoms with Crippen molar-refractivity contribution in [3.05, 3.63) is 106 Å². The van der Waals surface area contributed by atoms with Gasteiger partial charge in [-0.1, -0.05) is 60.1 Å². The Hall–Kier alpha value is -3.15. The summed E-state index contributed by atoms with van der Waals surface area (Å²) in [6, 6.07) is 22.6. The van der Waals surface area contributed by atoms with Crippen molar-refractivity contribution in [2.45, 2.75) is 50.2 Å². The maximum Gasteiger partial charge on any atom is 0.254 e. The van der Waals surface area contributed by atoms with E-state index in [4.69, 9.17) is 17.3 Å². The molecule has 0 spiro atoms. The first kappa shape index (κ1) is 23.6. The lowest BCUT2D eigenvalue weighted by molar-refractivity contribution is -0.125. The van der Waals surface area contributed by atoms with Gasteiger partial charge in [0.25, 0.3) is 5.91 Å². The highest BCUT2D eigenvalue weighted by molar-refractivity contribution is 6.30. The van der Waals surface area contributed by atoms with E-state index < -0.39 is 6.04 Å². The highest BCUT2D eigenvalue weighted by atomic mass is 35.5. The van der Waals surface area contributed by atoms with Gasteiger partial charge in [0.1, 0.15) is 6.04 Å². The van der Waals surface area contributed by atoms with Crippen molar-refractivity contribution in [1.29, 1.82) is 0 Å². The summed E-state index contributed by atoms with van der Waals surface area (Å²) < 4.78 is 0. The lowest BCUT2D eigenvalue weighted by Crippen LogP contribution is -2.46. The number of benzene rings is 3. The number of nitrogens with two attached hydrogens (primary N) is 1. The first-order valence-corrected chi connectivity index (χ1v) is 12.6. The molecule has 3 aromatic carbocycles. The Morgan fingerprint density at radius 1 is 1.06 bits per heavy atom. The molecule has 0 radical (unpaired) electrons. The van der Waals surface area contributed by atoms with Crippen LogP contribution in [0.5, 0.6) is 0 Å². The monoisotopic (exact) mass is 487 g/mol. The Kier molecular flexibility index (Phi) is 6.63. The molecule has 3 N–H and O–H groups in total. The van der Waals surface area contributed by atoms with E-state index in [2.05, 4.69) is 17.4 Å². The van der Waals surface area contributed by atoms with Crippen LogP contribution < -0.4 is 11.1 Å². The molecule has 4 unspecified atom stereocenters. The number of nitrogens with zero attached hydrogens (tertiary/aromatic N) is 1. The summed E-state index contributed by atoms with van der Waals surface area (Å²) in [7, 11) is 0. The number of rotatable bonds is 5. The second-order valence-corrected chi connectivity index (χ2v) is 10.1. The van der Waals surface area contributed by atoms with Gasteiger partial charge in [0.2, 0.25) is 5.91 Å². The van der Waals surface area contributed by atoms with E-state index in [1.54, 1.807) is 11.0 Å². The van der Waals surface area contributed by atoms with Crippen LogP contribution in [-0.4, -0.2) is 29.3 Å². The Bertz CT molecular complexity index is 1240. The number of fused-ring (bicyclic) bond motifs is 1. The predicted octanol–water partition coefficient (Wildman–Crippen LogP) is 5.16. The van der Waals surface area contributed by atoms with Crippen molar-refractivity contribution in [3.63, 3.8) is 0 Å². The van der Waals surface area contributed by atoms with Crippen LogP contribution in [0.4, 0.5) is 0 Å². The van der Waals surface area contributed by atoms with E-state index in [1.165, 1.54) is 11.1 Å². The third-order valence-corrected chi connectivity index (χ3v) is 7.57. The minimum absolute atomic E-state index is 0.0216. The smallest absolute Gasteiger partial charge is 0.254 e. The molecule has 1 aliphatic carbocycles. The third-order valence-electron chi connectivity index (χ3n) is 7.31. The lowest BCUT2D eigenvalue weighted by Gasteiger charge is -2.26. The maximum absolute atomic E-state index is 13.7. The van der Waals surface area contributed by atoms with Gasteiger partial charge in [-0.15, -0.1) is 0 Å². The molecule has 3 aromatic rings. The van der Waals surface area contributed by atoms with E-state index in [0.29, 0.717) is 23.6 Å². The number of likely N-dealkylation sites (tertiary alicyclic amines) is 1. The van der Waals surface area contributed by atoms with E-state index in [1.807, 2.05) is 61.5 Å². The van der Waals surface area contributed by atoms with Gasteiger partial charge in [-0.3, -0.25) is 9.59 Å². The minimum atomic E-state index is -0.546. The molecule has 35 heavy (non-hydrogen) atoms. The van der Waals surface area contributed by atoms with Gasteiger partial charge >= 0.3 is 0 Å². The quantitative estimate of drug-likeness (QED) is 0.521. The first-order chi connectivity index (χ1) is 16.9. The molecule has 1 heterocycles. The Balaban J connectivity index is 1.42. The fourth-order valence-electron chi connectivity index (χ4n) is 5.38. The van der Waals surface area contributed by atoms with Gasteiger partial charge in [0, 0.05) is 29.1 Å². The summed E-state index contributed by atoms with van der Waals surface area (Å²) in [6.07, 6.45) is 2.40. The van der Waals surface area contributed by atoms with Gasteiger partial charge in [-0.2, -0.15) is 0 Å². The topological polar surface area (TPSA) is 75.4 Å². The zero-order valence-electron chi connectivity index (χ0n) is 19.8. The molecule has 4 atom stereocenters. The fourth-order valence-corrected chi connectivity index (χ4v) is 5.51. The summed E-state index contributed by atoms with van der Waals surface area (Å²) >= 11 is 6.09. The van der Waals surface area contributed by atoms with E-state index in [9.17, 15) is 9.59 Å². The average molecular weight is 488 g/mol. The summed E-state index contributed by atoms with van der Waals surface area (Å²) in [5, 5.41) is 3.92. The lowest BCUT2D eigenvalue weighted by atomic mass is 9.96. The number of hydrogen-bond acceptors (Lipinski definition) is 3. The van der Waals surface area contributed by atoms with Crippen molar-refractivity contribution in [2.75, 3.05) is 6.54 Å². The number of carbonyl (C=O) groups is 2. The van der Waals surface area contributed by atoms with Crippen molar-refractivity contribution in [2.24, 2.45) is 5.73 Å². The van der Waals surface area contributed by atoms with Gasteiger partial charge < -0.3 is 16.0 Å². The Morgan fingerprint density at radius 3 is 2.60 bits per heavy atom. The highest BCUT2D eigenvalue weighted by Crippen LogP contribution is 2.36. The van der Waals surface area contributed by atoms with E-state index in [0.717, 1.165) is 24.0 Å². The van der Waals surface area contributed by atoms with Crippen molar-refractivity contribution in [1.82, 2.24) is 10.2 Å². The molecular formula is C29H30ClN3O2. The van der Waals surface area contributed by atoms with Crippen LogP contribution in [0.1, 0.15) is 70.4 Å². The molecule has 2 aliphatic rings. The molecular weight excluding hydrogens is 458 g/mol. The van der Waals surface area contributed by atoms with Crippen molar-refractivity contribution in [3.8, 4) is 0 Å². The van der Waals surface area contributed by atoms with Crippen LogP contribution in [0.2, 0.25) is 5.02 Å². The van der Waals surface area contributed by atoms with Crippen LogP contribution in [-0.2, 0) is 11.2 Å². The maximum atomic E-state index is 13.7.